The van der Waals surface area contributed by atoms with Gasteiger partial charge in [0.1, 0.15) is 5.82 Å². The highest BCUT2D eigenvalue weighted by Crippen LogP contribution is 2.37. The Balaban J connectivity index is 1.92. The molecule has 0 saturated carbocycles. The molecule has 0 aromatic carbocycles. The molecule has 1 aromatic heterocycles. The van der Waals surface area contributed by atoms with E-state index in [0.29, 0.717) is 4.75 Å². The summed E-state index contributed by atoms with van der Waals surface area (Å²) in [6, 6.07) is 4.13. The molecule has 1 aromatic rings. The van der Waals surface area contributed by atoms with Gasteiger partial charge in [0.05, 0.1) is 0 Å². The number of anilines is 1. The quantitative estimate of drug-likeness (QED) is 0.850. The first kappa shape index (κ1) is 10.8. The Bertz CT molecular complexity index is 332. The summed E-state index contributed by atoms with van der Waals surface area (Å²) in [7, 11) is 0. The number of nitrogens with zero attached hydrogens (tertiary/aromatic N) is 1. The predicted octanol–water partition coefficient (Wildman–Crippen LogP) is 3.09. The van der Waals surface area contributed by atoms with Gasteiger partial charge in [-0.1, -0.05) is 0 Å². The molecule has 0 amide bonds. The van der Waals surface area contributed by atoms with E-state index < -0.39 is 0 Å². The normalized spacial score (nSPS) is 25.5. The molecule has 2 rings (SSSR count). The minimum absolute atomic E-state index is 0.408. The molecule has 3 heteroatoms. The maximum absolute atomic E-state index is 4.31. The maximum Gasteiger partial charge on any atom is 0.126 e. The van der Waals surface area contributed by atoms with Gasteiger partial charge in [-0.2, -0.15) is 11.8 Å². The average Bonchev–Trinajstić information content (AvgIpc) is 2.63. The Morgan fingerprint density at radius 3 is 3.13 bits per heavy atom. The molecule has 2 heterocycles. The largest absolute Gasteiger partial charge is 0.369 e. The third kappa shape index (κ3) is 2.88. The first-order valence-electron chi connectivity index (χ1n) is 5.48. The van der Waals surface area contributed by atoms with Crippen LogP contribution in [0.15, 0.2) is 18.3 Å². The molecule has 15 heavy (non-hydrogen) atoms. The van der Waals surface area contributed by atoms with E-state index in [-0.39, 0.29) is 0 Å². The van der Waals surface area contributed by atoms with E-state index in [9.17, 15) is 0 Å². The Labute approximate surface area is 95.9 Å². The molecule has 1 atom stereocenters. The monoisotopic (exact) mass is 222 g/mol. The van der Waals surface area contributed by atoms with Crippen LogP contribution in [0.5, 0.6) is 0 Å². The lowest BCUT2D eigenvalue weighted by atomic mass is 10.1. The summed E-state index contributed by atoms with van der Waals surface area (Å²) >= 11 is 2.08. The fourth-order valence-electron chi connectivity index (χ4n) is 1.89. The molecule has 1 N–H and O–H groups in total. The van der Waals surface area contributed by atoms with Gasteiger partial charge < -0.3 is 5.32 Å². The molecule has 1 fully saturated rings. The van der Waals surface area contributed by atoms with Crippen LogP contribution >= 0.6 is 11.8 Å². The molecule has 0 aliphatic carbocycles. The van der Waals surface area contributed by atoms with Crippen molar-refractivity contribution in [2.45, 2.75) is 31.4 Å². The van der Waals surface area contributed by atoms with E-state index in [1.54, 1.807) is 0 Å². The summed E-state index contributed by atoms with van der Waals surface area (Å²) in [5.41, 5.74) is 1.26. The van der Waals surface area contributed by atoms with Crippen LogP contribution in [0.25, 0.3) is 0 Å². The predicted molar refractivity (Wildman–Crippen MR) is 67.6 cm³/mol. The van der Waals surface area contributed by atoms with Crippen molar-refractivity contribution >= 4 is 17.6 Å². The second kappa shape index (κ2) is 4.44. The van der Waals surface area contributed by atoms with Crippen molar-refractivity contribution in [3.63, 3.8) is 0 Å². The molecule has 1 unspecified atom stereocenters. The van der Waals surface area contributed by atoms with Crippen molar-refractivity contribution in [1.29, 1.82) is 0 Å². The van der Waals surface area contributed by atoms with Crippen molar-refractivity contribution in [3.8, 4) is 0 Å². The van der Waals surface area contributed by atoms with E-state index in [0.717, 1.165) is 12.4 Å². The smallest absolute Gasteiger partial charge is 0.126 e. The van der Waals surface area contributed by atoms with Crippen LogP contribution < -0.4 is 5.32 Å². The molecule has 82 valence electrons. The third-order valence-electron chi connectivity index (χ3n) is 2.86. The lowest BCUT2D eigenvalue weighted by Crippen LogP contribution is -2.27. The highest BCUT2D eigenvalue weighted by atomic mass is 32.2. The van der Waals surface area contributed by atoms with E-state index >= 15 is 0 Å². The first-order chi connectivity index (χ1) is 7.18. The molecule has 1 saturated heterocycles. The zero-order chi connectivity index (χ0) is 10.7. The minimum Gasteiger partial charge on any atom is -0.369 e. The van der Waals surface area contributed by atoms with Crippen LogP contribution in [0, 0.1) is 6.92 Å². The second-order valence-electron chi connectivity index (χ2n) is 4.47. The van der Waals surface area contributed by atoms with Gasteiger partial charge in [0, 0.05) is 17.5 Å². The van der Waals surface area contributed by atoms with E-state index in [1.807, 2.05) is 12.3 Å². The SMILES string of the molecule is Cc1ccnc(NCC2(C)CCCS2)c1. The van der Waals surface area contributed by atoms with Crippen LogP contribution in [0.3, 0.4) is 0 Å². The Hall–Kier alpha value is -0.700. The van der Waals surface area contributed by atoms with Gasteiger partial charge in [-0.15, -0.1) is 0 Å². The van der Waals surface area contributed by atoms with Crippen molar-refractivity contribution in [3.05, 3.63) is 23.9 Å². The van der Waals surface area contributed by atoms with E-state index in [2.05, 4.69) is 42.0 Å². The molecule has 0 radical (unpaired) electrons. The van der Waals surface area contributed by atoms with Crippen LogP contribution in [-0.2, 0) is 0 Å². The maximum atomic E-state index is 4.31. The molecule has 0 spiro atoms. The van der Waals surface area contributed by atoms with Gasteiger partial charge in [-0.25, -0.2) is 4.98 Å². The average molecular weight is 222 g/mol. The fraction of sp³-hybridized carbons (Fsp3) is 0.583. The summed E-state index contributed by atoms with van der Waals surface area (Å²) in [5.74, 6) is 2.31. The van der Waals surface area contributed by atoms with Gasteiger partial charge >= 0.3 is 0 Å². The van der Waals surface area contributed by atoms with Gasteiger partial charge in [0.15, 0.2) is 0 Å². The van der Waals surface area contributed by atoms with E-state index in [4.69, 9.17) is 0 Å². The summed E-state index contributed by atoms with van der Waals surface area (Å²) in [4.78, 5) is 4.31. The Kier molecular flexibility index (Phi) is 3.19. The lowest BCUT2D eigenvalue weighted by Gasteiger charge is -2.23. The molecular formula is C12H18N2S. The van der Waals surface area contributed by atoms with Crippen LogP contribution in [0.4, 0.5) is 5.82 Å². The zero-order valence-electron chi connectivity index (χ0n) is 9.42. The number of hydrogen-bond donors (Lipinski definition) is 1. The number of rotatable bonds is 3. The number of aryl methyl sites for hydroxylation is 1. The van der Waals surface area contributed by atoms with Gasteiger partial charge in [0.2, 0.25) is 0 Å². The first-order valence-corrected chi connectivity index (χ1v) is 6.47. The van der Waals surface area contributed by atoms with Crippen LogP contribution in [0.1, 0.15) is 25.3 Å². The van der Waals surface area contributed by atoms with Crippen molar-refractivity contribution in [2.75, 3.05) is 17.6 Å². The van der Waals surface area contributed by atoms with Gasteiger partial charge in [-0.05, 0) is 50.1 Å². The van der Waals surface area contributed by atoms with Crippen molar-refractivity contribution in [1.82, 2.24) is 4.98 Å². The summed E-state index contributed by atoms with van der Waals surface area (Å²) in [5, 5.41) is 3.44. The minimum atomic E-state index is 0.408. The molecule has 2 nitrogen and oxygen atoms in total. The van der Waals surface area contributed by atoms with Crippen molar-refractivity contribution < 1.29 is 0 Å². The highest BCUT2D eigenvalue weighted by Gasteiger charge is 2.29. The number of thioether (sulfide) groups is 1. The van der Waals surface area contributed by atoms with E-state index in [1.165, 1.54) is 24.2 Å². The molecule has 0 bridgehead atoms. The lowest BCUT2D eigenvalue weighted by molar-refractivity contribution is 0.634. The Morgan fingerprint density at radius 2 is 2.47 bits per heavy atom. The fourth-order valence-corrected chi connectivity index (χ4v) is 3.13. The molecular weight excluding hydrogens is 204 g/mol. The Morgan fingerprint density at radius 1 is 1.60 bits per heavy atom. The zero-order valence-corrected chi connectivity index (χ0v) is 10.2. The van der Waals surface area contributed by atoms with Crippen molar-refractivity contribution in [2.24, 2.45) is 0 Å². The topological polar surface area (TPSA) is 24.9 Å². The number of pyridine rings is 1. The van der Waals surface area contributed by atoms with Gasteiger partial charge in [0.25, 0.3) is 0 Å². The molecule has 1 aliphatic rings. The summed E-state index contributed by atoms with van der Waals surface area (Å²) < 4.78 is 0.408. The highest BCUT2D eigenvalue weighted by molar-refractivity contribution is 8.00. The second-order valence-corrected chi connectivity index (χ2v) is 6.16. The number of aromatic nitrogens is 1. The summed E-state index contributed by atoms with van der Waals surface area (Å²) in [6.45, 7) is 5.46. The van der Waals surface area contributed by atoms with Gasteiger partial charge in [-0.3, -0.25) is 0 Å². The number of hydrogen-bond acceptors (Lipinski definition) is 3. The van der Waals surface area contributed by atoms with Crippen LogP contribution in [0.2, 0.25) is 0 Å². The summed E-state index contributed by atoms with van der Waals surface area (Å²) in [6.07, 6.45) is 4.53. The number of nitrogens with one attached hydrogen (secondary N) is 1. The molecule has 1 aliphatic heterocycles. The van der Waals surface area contributed by atoms with Crippen LogP contribution in [-0.4, -0.2) is 22.0 Å². The standard InChI is InChI=1S/C12H18N2S/c1-10-4-6-13-11(8-10)14-9-12(2)5-3-7-15-12/h4,6,8H,3,5,7,9H2,1-2H3,(H,13,14). The third-order valence-corrected chi connectivity index (χ3v) is 4.40.